The van der Waals surface area contributed by atoms with Gasteiger partial charge in [-0.05, 0) is 31.9 Å². The fourth-order valence-corrected chi connectivity index (χ4v) is 1.44. The standard InChI is InChI=1S/C10H13NO/c1-7-5-4-6-8(2)10(7)9(3)11-12/h4-6,12H,1-3H3/b11-9+. The summed E-state index contributed by atoms with van der Waals surface area (Å²) in [5, 5.41) is 11.8. The van der Waals surface area contributed by atoms with Gasteiger partial charge in [-0.3, -0.25) is 0 Å². The first kappa shape index (κ1) is 8.78. The van der Waals surface area contributed by atoms with Crippen molar-refractivity contribution in [2.24, 2.45) is 5.16 Å². The van der Waals surface area contributed by atoms with Gasteiger partial charge in [0.15, 0.2) is 0 Å². The van der Waals surface area contributed by atoms with Crippen LogP contribution in [0.2, 0.25) is 0 Å². The highest BCUT2D eigenvalue weighted by molar-refractivity contribution is 6.00. The third kappa shape index (κ3) is 1.47. The molecule has 12 heavy (non-hydrogen) atoms. The van der Waals surface area contributed by atoms with Gasteiger partial charge in [-0.2, -0.15) is 0 Å². The molecule has 0 fully saturated rings. The quantitative estimate of drug-likeness (QED) is 0.385. The van der Waals surface area contributed by atoms with Crippen molar-refractivity contribution in [1.29, 1.82) is 0 Å². The maximum Gasteiger partial charge on any atom is 0.0842 e. The molecule has 0 bridgehead atoms. The van der Waals surface area contributed by atoms with Gasteiger partial charge < -0.3 is 5.21 Å². The summed E-state index contributed by atoms with van der Waals surface area (Å²) in [5.74, 6) is 0. The van der Waals surface area contributed by atoms with Gasteiger partial charge in [0.25, 0.3) is 0 Å². The lowest BCUT2D eigenvalue weighted by Gasteiger charge is -2.06. The topological polar surface area (TPSA) is 32.6 Å². The van der Waals surface area contributed by atoms with Gasteiger partial charge in [0, 0.05) is 5.56 Å². The molecule has 0 amide bonds. The van der Waals surface area contributed by atoms with Crippen LogP contribution in [0.5, 0.6) is 0 Å². The van der Waals surface area contributed by atoms with E-state index in [4.69, 9.17) is 5.21 Å². The smallest absolute Gasteiger partial charge is 0.0842 e. The zero-order valence-corrected chi connectivity index (χ0v) is 7.63. The van der Waals surface area contributed by atoms with Crippen molar-refractivity contribution in [2.75, 3.05) is 0 Å². The zero-order valence-electron chi connectivity index (χ0n) is 7.63. The summed E-state index contributed by atoms with van der Waals surface area (Å²) in [5.41, 5.74) is 4.00. The summed E-state index contributed by atoms with van der Waals surface area (Å²) in [6.07, 6.45) is 0. The molecule has 0 atom stereocenters. The molecule has 0 spiro atoms. The van der Waals surface area contributed by atoms with Gasteiger partial charge in [0.1, 0.15) is 0 Å². The van der Waals surface area contributed by atoms with E-state index >= 15 is 0 Å². The van der Waals surface area contributed by atoms with Crippen molar-refractivity contribution in [3.63, 3.8) is 0 Å². The zero-order chi connectivity index (χ0) is 9.14. The number of hydrogen-bond acceptors (Lipinski definition) is 2. The van der Waals surface area contributed by atoms with Crippen molar-refractivity contribution in [2.45, 2.75) is 20.8 Å². The van der Waals surface area contributed by atoms with Gasteiger partial charge in [-0.15, -0.1) is 0 Å². The summed E-state index contributed by atoms with van der Waals surface area (Å²) in [6.45, 7) is 5.82. The van der Waals surface area contributed by atoms with Crippen LogP contribution < -0.4 is 0 Å². The Morgan fingerprint density at radius 3 is 2.17 bits per heavy atom. The Kier molecular flexibility index (Phi) is 2.48. The van der Waals surface area contributed by atoms with E-state index in [9.17, 15) is 0 Å². The summed E-state index contributed by atoms with van der Waals surface area (Å²) < 4.78 is 0. The van der Waals surface area contributed by atoms with Gasteiger partial charge >= 0.3 is 0 Å². The molecule has 0 aliphatic rings. The van der Waals surface area contributed by atoms with Crippen LogP contribution in [0.4, 0.5) is 0 Å². The first-order valence-electron chi connectivity index (χ1n) is 3.92. The molecule has 0 saturated carbocycles. The SMILES string of the molecule is C/C(=N\O)c1c(C)cccc1C. The summed E-state index contributed by atoms with van der Waals surface area (Å²) in [6, 6.07) is 6.02. The van der Waals surface area contributed by atoms with Crippen LogP contribution in [0.3, 0.4) is 0 Å². The monoisotopic (exact) mass is 163 g/mol. The Bertz CT molecular complexity index is 295. The van der Waals surface area contributed by atoms with E-state index in [-0.39, 0.29) is 0 Å². The highest BCUT2D eigenvalue weighted by Gasteiger charge is 2.04. The predicted molar refractivity (Wildman–Crippen MR) is 49.9 cm³/mol. The van der Waals surface area contributed by atoms with Crippen LogP contribution in [0.25, 0.3) is 0 Å². The first-order valence-corrected chi connectivity index (χ1v) is 3.92. The molecule has 2 nitrogen and oxygen atoms in total. The average Bonchev–Trinajstić information content (AvgIpc) is 2.03. The molecule has 2 heteroatoms. The molecule has 1 rings (SSSR count). The van der Waals surface area contributed by atoms with E-state index in [1.165, 1.54) is 0 Å². The van der Waals surface area contributed by atoms with Crippen molar-refractivity contribution in [3.8, 4) is 0 Å². The van der Waals surface area contributed by atoms with E-state index in [0.717, 1.165) is 16.7 Å². The highest BCUT2D eigenvalue weighted by atomic mass is 16.4. The van der Waals surface area contributed by atoms with Crippen LogP contribution in [0.15, 0.2) is 23.4 Å². The fourth-order valence-electron chi connectivity index (χ4n) is 1.44. The number of benzene rings is 1. The van der Waals surface area contributed by atoms with E-state index in [2.05, 4.69) is 5.16 Å². The molecule has 0 heterocycles. The number of nitrogens with zero attached hydrogens (tertiary/aromatic N) is 1. The Labute approximate surface area is 72.5 Å². The molecular formula is C10H13NO. The molecular weight excluding hydrogens is 150 g/mol. The lowest BCUT2D eigenvalue weighted by Crippen LogP contribution is -2.00. The summed E-state index contributed by atoms with van der Waals surface area (Å²) >= 11 is 0. The minimum atomic E-state index is 0.672. The Morgan fingerprint density at radius 2 is 1.75 bits per heavy atom. The van der Waals surface area contributed by atoms with E-state index in [1.807, 2.05) is 32.0 Å². The number of hydrogen-bond donors (Lipinski definition) is 1. The van der Waals surface area contributed by atoms with Crippen molar-refractivity contribution >= 4 is 5.71 Å². The molecule has 0 aliphatic carbocycles. The third-order valence-corrected chi connectivity index (χ3v) is 1.99. The maximum absolute atomic E-state index is 8.63. The minimum Gasteiger partial charge on any atom is -0.411 e. The van der Waals surface area contributed by atoms with E-state index < -0.39 is 0 Å². The molecule has 0 aromatic heterocycles. The largest absolute Gasteiger partial charge is 0.411 e. The van der Waals surface area contributed by atoms with Gasteiger partial charge in [0.05, 0.1) is 5.71 Å². The molecule has 0 saturated heterocycles. The van der Waals surface area contributed by atoms with Crippen LogP contribution in [0, 0.1) is 13.8 Å². The highest BCUT2D eigenvalue weighted by Crippen LogP contribution is 2.13. The van der Waals surface area contributed by atoms with Gasteiger partial charge in [0.2, 0.25) is 0 Å². The second kappa shape index (κ2) is 3.39. The number of aryl methyl sites for hydroxylation is 2. The number of oxime groups is 1. The summed E-state index contributed by atoms with van der Waals surface area (Å²) in [4.78, 5) is 0. The lowest BCUT2D eigenvalue weighted by atomic mass is 10.00. The van der Waals surface area contributed by atoms with E-state index in [1.54, 1.807) is 6.92 Å². The minimum absolute atomic E-state index is 0.672. The molecule has 1 aromatic rings. The van der Waals surface area contributed by atoms with E-state index in [0.29, 0.717) is 5.71 Å². The predicted octanol–water partition coefficient (Wildman–Crippen LogP) is 2.50. The number of rotatable bonds is 1. The Balaban J connectivity index is 3.31. The van der Waals surface area contributed by atoms with Crippen LogP contribution in [0.1, 0.15) is 23.6 Å². The molecule has 1 N–H and O–H groups in total. The molecule has 64 valence electrons. The normalized spacial score (nSPS) is 11.8. The Hall–Kier alpha value is -1.31. The van der Waals surface area contributed by atoms with Crippen molar-refractivity contribution in [1.82, 2.24) is 0 Å². The molecule has 0 aliphatic heterocycles. The van der Waals surface area contributed by atoms with Crippen LogP contribution in [-0.4, -0.2) is 10.9 Å². The van der Waals surface area contributed by atoms with Crippen LogP contribution in [-0.2, 0) is 0 Å². The Morgan fingerprint density at radius 1 is 1.25 bits per heavy atom. The molecule has 0 unspecified atom stereocenters. The lowest BCUT2D eigenvalue weighted by molar-refractivity contribution is 0.319. The fraction of sp³-hybridized carbons (Fsp3) is 0.300. The molecule has 0 radical (unpaired) electrons. The second-order valence-electron chi connectivity index (χ2n) is 2.95. The summed E-state index contributed by atoms with van der Waals surface area (Å²) in [7, 11) is 0. The van der Waals surface area contributed by atoms with Crippen molar-refractivity contribution in [3.05, 3.63) is 34.9 Å². The third-order valence-electron chi connectivity index (χ3n) is 1.99. The second-order valence-corrected chi connectivity index (χ2v) is 2.95. The molecule has 1 aromatic carbocycles. The van der Waals surface area contributed by atoms with Crippen molar-refractivity contribution < 1.29 is 5.21 Å². The average molecular weight is 163 g/mol. The van der Waals surface area contributed by atoms with Gasteiger partial charge in [-0.1, -0.05) is 23.4 Å². The maximum atomic E-state index is 8.63. The first-order chi connectivity index (χ1) is 5.66. The van der Waals surface area contributed by atoms with Crippen LogP contribution >= 0.6 is 0 Å². The van der Waals surface area contributed by atoms with Gasteiger partial charge in [-0.25, -0.2) is 0 Å².